The van der Waals surface area contributed by atoms with Gasteiger partial charge in [0.2, 0.25) is 17.7 Å². The zero-order valence-corrected chi connectivity index (χ0v) is 16.8. The van der Waals surface area contributed by atoms with Crippen LogP contribution in [-0.2, 0) is 14.4 Å². The van der Waals surface area contributed by atoms with Crippen molar-refractivity contribution in [2.24, 2.45) is 0 Å². The average Bonchev–Trinajstić information content (AvgIpc) is 2.71. The highest BCUT2D eigenvalue weighted by Gasteiger charge is 2.09. The first-order valence-corrected chi connectivity index (χ1v) is 9.40. The Hall–Kier alpha value is -3.23. The van der Waals surface area contributed by atoms with Gasteiger partial charge in [0, 0.05) is 18.9 Å². The number of para-hydroxylation sites is 1. The molecule has 0 aliphatic carbocycles. The number of hydrogen-bond donors (Lipinski definition) is 4. The summed E-state index contributed by atoms with van der Waals surface area (Å²) < 4.78 is 0. The summed E-state index contributed by atoms with van der Waals surface area (Å²) in [5.41, 5.74) is 6.07. The van der Waals surface area contributed by atoms with E-state index in [9.17, 15) is 14.4 Å². The van der Waals surface area contributed by atoms with E-state index < -0.39 is 11.8 Å². The minimum atomic E-state index is -0.462. The molecule has 0 heterocycles. The molecule has 29 heavy (non-hydrogen) atoms. The predicted octanol–water partition coefficient (Wildman–Crippen LogP) is 2.79. The molecular weight excluding hydrogens is 412 g/mol. The summed E-state index contributed by atoms with van der Waals surface area (Å²) in [5, 5.41) is 5.36. The van der Waals surface area contributed by atoms with E-state index in [0.717, 1.165) is 5.56 Å². The lowest BCUT2D eigenvalue weighted by Crippen LogP contribution is -2.48. The second-order valence-corrected chi connectivity index (χ2v) is 6.58. The van der Waals surface area contributed by atoms with Crippen LogP contribution in [0.2, 0.25) is 5.02 Å². The number of hydrazine groups is 1. The summed E-state index contributed by atoms with van der Waals surface area (Å²) in [4.78, 5) is 35.5. The van der Waals surface area contributed by atoms with Gasteiger partial charge in [0.25, 0.3) is 0 Å². The van der Waals surface area contributed by atoms with Crippen LogP contribution in [0.15, 0.2) is 60.7 Å². The van der Waals surface area contributed by atoms with E-state index >= 15 is 0 Å². The number of hydrogen-bond acceptors (Lipinski definition) is 4. The third kappa shape index (κ3) is 8.54. The predicted molar refractivity (Wildman–Crippen MR) is 117 cm³/mol. The summed E-state index contributed by atoms with van der Waals surface area (Å²) in [7, 11) is 0. The van der Waals surface area contributed by atoms with Crippen LogP contribution < -0.4 is 21.5 Å². The van der Waals surface area contributed by atoms with Crippen molar-refractivity contribution in [2.45, 2.75) is 12.8 Å². The van der Waals surface area contributed by atoms with Crippen LogP contribution in [0, 0.1) is 0 Å². The Kier molecular flexibility index (Phi) is 8.81. The van der Waals surface area contributed by atoms with Crippen molar-refractivity contribution in [3.8, 4) is 0 Å². The van der Waals surface area contributed by atoms with Crippen LogP contribution in [0.3, 0.4) is 0 Å². The normalized spacial score (nSPS) is 10.2. The van der Waals surface area contributed by atoms with Crippen molar-refractivity contribution in [1.29, 1.82) is 0 Å². The monoisotopic (exact) mass is 430 g/mol. The molecule has 4 N–H and O–H groups in total. The van der Waals surface area contributed by atoms with Gasteiger partial charge in [-0.25, -0.2) is 0 Å². The van der Waals surface area contributed by atoms with E-state index in [1.54, 1.807) is 30.3 Å². The molecule has 7 nitrogen and oxygen atoms in total. The fourth-order valence-corrected chi connectivity index (χ4v) is 2.45. The van der Waals surface area contributed by atoms with Gasteiger partial charge in [0.05, 0.1) is 10.7 Å². The Balaban J connectivity index is 1.65. The highest BCUT2D eigenvalue weighted by molar-refractivity contribution is 7.80. The molecule has 3 amide bonds. The molecule has 0 aliphatic rings. The quantitative estimate of drug-likeness (QED) is 0.321. The number of nitrogens with one attached hydrogen (secondary N) is 4. The van der Waals surface area contributed by atoms with E-state index in [-0.39, 0.29) is 23.9 Å². The Morgan fingerprint density at radius 3 is 2.28 bits per heavy atom. The second kappa shape index (κ2) is 11.6. The molecule has 0 aromatic heterocycles. The molecule has 2 rings (SSSR count). The molecule has 2 aromatic carbocycles. The number of anilines is 1. The van der Waals surface area contributed by atoms with E-state index in [4.69, 9.17) is 23.8 Å². The minimum Gasteiger partial charge on any atom is -0.325 e. The van der Waals surface area contributed by atoms with Crippen LogP contribution in [0.1, 0.15) is 18.4 Å². The van der Waals surface area contributed by atoms with E-state index in [2.05, 4.69) is 21.5 Å². The second-order valence-electron chi connectivity index (χ2n) is 5.76. The maximum absolute atomic E-state index is 11.9. The molecule has 0 saturated carbocycles. The minimum absolute atomic E-state index is 0.0440. The fourth-order valence-electron chi connectivity index (χ4n) is 2.11. The average molecular weight is 431 g/mol. The fraction of sp³-hybridized carbons (Fsp3) is 0.100. The van der Waals surface area contributed by atoms with Gasteiger partial charge in [0.1, 0.15) is 0 Å². The van der Waals surface area contributed by atoms with Crippen LogP contribution in [0.5, 0.6) is 0 Å². The Labute approximate surface area is 178 Å². The number of rotatable bonds is 6. The number of thiocarbonyl (C=S) groups is 1. The van der Waals surface area contributed by atoms with Crippen molar-refractivity contribution in [2.75, 3.05) is 5.32 Å². The van der Waals surface area contributed by atoms with Gasteiger partial charge in [-0.3, -0.25) is 30.6 Å². The van der Waals surface area contributed by atoms with E-state index in [0.29, 0.717) is 10.7 Å². The molecule has 0 unspecified atom stereocenters. The van der Waals surface area contributed by atoms with E-state index in [1.807, 2.05) is 30.3 Å². The van der Waals surface area contributed by atoms with E-state index in [1.165, 1.54) is 6.08 Å². The maximum atomic E-state index is 11.9. The molecule has 9 heteroatoms. The molecule has 150 valence electrons. The third-order valence-corrected chi connectivity index (χ3v) is 4.04. The van der Waals surface area contributed by atoms with Gasteiger partial charge in [-0.05, 0) is 36.0 Å². The highest BCUT2D eigenvalue weighted by Crippen LogP contribution is 2.20. The standard InChI is InChI=1S/C20H19ClN4O3S/c21-15-8-4-5-9-16(15)22-17(26)12-13-19(28)24-25-20(29)23-18(27)11-10-14-6-2-1-3-7-14/h1-11H,12-13H2,(H,22,26)(H,24,28)(H2,23,25,27,29)/b11-10+. The summed E-state index contributed by atoms with van der Waals surface area (Å²) >= 11 is 10.9. The molecule has 2 aromatic rings. The maximum Gasteiger partial charge on any atom is 0.250 e. The summed E-state index contributed by atoms with van der Waals surface area (Å²) in [6.45, 7) is 0. The molecule has 0 radical (unpaired) electrons. The van der Waals surface area contributed by atoms with Gasteiger partial charge in [0.15, 0.2) is 5.11 Å². The van der Waals surface area contributed by atoms with Crippen LogP contribution >= 0.6 is 23.8 Å². The lowest BCUT2D eigenvalue weighted by Gasteiger charge is -2.10. The lowest BCUT2D eigenvalue weighted by atomic mass is 10.2. The smallest absolute Gasteiger partial charge is 0.250 e. The Morgan fingerprint density at radius 1 is 0.897 bits per heavy atom. The van der Waals surface area contributed by atoms with Crippen molar-refractivity contribution >= 4 is 58.4 Å². The number of benzene rings is 2. The van der Waals surface area contributed by atoms with Crippen molar-refractivity contribution in [3.05, 3.63) is 71.3 Å². The zero-order chi connectivity index (χ0) is 21.1. The largest absolute Gasteiger partial charge is 0.325 e. The van der Waals surface area contributed by atoms with Gasteiger partial charge in [-0.1, -0.05) is 54.1 Å². The van der Waals surface area contributed by atoms with Gasteiger partial charge in [-0.15, -0.1) is 0 Å². The molecule has 0 fully saturated rings. The molecule has 0 aliphatic heterocycles. The Morgan fingerprint density at radius 2 is 1.55 bits per heavy atom. The summed E-state index contributed by atoms with van der Waals surface area (Å²) in [6.07, 6.45) is 2.84. The first kappa shape index (κ1) is 22.1. The molecule has 0 spiro atoms. The number of carbonyl (C=O) groups is 3. The number of halogens is 1. The van der Waals surface area contributed by atoms with Crippen LogP contribution in [0.4, 0.5) is 5.69 Å². The zero-order valence-electron chi connectivity index (χ0n) is 15.3. The molecule has 0 saturated heterocycles. The van der Waals surface area contributed by atoms with Gasteiger partial charge >= 0.3 is 0 Å². The first-order chi connectivity index (χ1) is 13.9. The van der Waals surface area contributed by atoms with Crippen molar-refractivity contribution in [3.63, 3.8) is 0 Å². The van der Waals surface area contributed by atoms with Gasteiger partial charge in [-0.2, -0.15) is 0 Å². The highest BCUT2D eigenvalue weighted by atomic mass is 35.5. The first-order valence-electron chi connectivity index (χ1n) is 8.61. The summed E-state index contributed by atoms with van der Waals surface area (Å²) in [5.74, 6) is -1.26. The van der Waals surface area contributed by atoms with Gasteiger partial charge < -0.3 is 5.32 Å². The SMILES string of the molecule is O=C(/C=C/c1ccccc1)NC(=S)NNC(=O)CCC(=O)Nc1ccccc1Cl. The van der Waals surface area contributed by atoms with Crippen LogP contribution in [-0.4, -0.2) is 22.8 Å². The summed E-state index contributed by atoms with van der Waals surface area (Å²) in [6, 6.07) is 16.1. The van der Waals surface area contributed by atoms with Crippen molar-refractivity contribution < 1.29 is 14.4 Å². The molecule has 0 atom stereocenters. The topological polar surface area (TPSA) is 99.3 Å². The molecular formula is C20H19ClN4O3S. The molecule has 0 bridgehead atoms. The Bertz CT molecular complexity index is 919. The van der Waals surface area contributed by atoms with Crippen LogP contribution in [0.25, 0.3) is 6.08 Å². The lowest BCUT2D eigenvalue weighted by molar-refractivity contribution is -0.124. The number of amides is 3. The number of carbonyl (C=O) groups excluding carboxylic acids is 3. The third-order valence-electron chi connectivity index (χ3n) is 3.51. The van der Waals surface area contributed by atoms with Crippen molar-refractivity contribution in [1.82, 2.24) is 16.2 Å².